The van der Waals surface area contributed by atoms with Crippen LogP contribution >= 0.6 is 0 Å². The highest BCUT2D eigenvalue weighted by atomic mass is 19.4. The molecule has 4 rings (SSSR count). The van der Waals surface area contributed by atoms with E-state index in [1.807, 2.05) is 24.4 Å². The molecule has 0 atom stereocenters. The van der Waals surface area contributed by atoms with E-state index in [0.717, 1.165) is 49.7 Å². The summed E-state index contributed by atoms with van der Waals surface area (Å²) in [5.41, 5.74) is 2.11. The number of hydrogen-bond donors (Lipinski definition) is 1. The van der Waals surface area contributed by atoms with Crippen LogP contribution in [-0.2, 0) is 11.0 Å². The van der Waals surface area contributed by atoms with E-state index in [9.17, 15) is 18.0 Å². The van der Waals surface area contributed by atoms with Gasteiger partial charge in [-0.2, -0.15) is 13.2 Å². The topological polar surface area (TPSA) is 35.6 Å². The lowest BCUT2D eigenvalue weighted by Gasteiger charge is -2.33. The van der Waals surface area contributed by atoms with Gasteiger partial charge < -0.3 is 10.2 Å². The fourth-order valence-electron chi connectivity index (χ4n) is 3.47. The lowest BCUT2D eigenvalue weighted by atomic mass is 10.0. The van der Waals surface area contributed by atoms with Crippen LogP contribution in [0.15, 0.2) is 78.3 Å². The van der Waals surface area contributed by atoms with Gasteiger partial charge in [-0.15, -0.1) is 0 Å². The summed E-state index contributed by atoms with van der Waals surface area (Å²) < 4.78 is 38.4. The lowest BCUT2D eigenvalue weighted by molar-refractivity contribution is -0.137. The molecule has 7 heteroatoms. The van der Waals surface area contributed by atoms with Crippen LogP contribution in [0.3, 0.4) is 0 Å². The van der Waals surface area contributed by atoms with Crippen molar-refractivity contribution in [3.63, 3.8) is 0 Å². The fraction of sp³-hybridized carbons (Fsp3) is 0.227. The monoisotopic (exact) mass is 399 g/mol. The average Bonchev–Trinajstić information content (AvgIpc) is 2.72. The van der Waals surface area contributed by atoms with Crippen LogP contribution in [0.25, 0.3) is 5.57 Å². The minimum atomic E-state index is -4.39. The Bertz CT molecular complexity index is 947. The van der Waals surface area contributed by atoms with Crippen LogP contribution in [0.2, 0.25) is 0 Å². The number of carbonyl (C=O) groups is 1. The molecule has 0 radical (unpaired) electrons. The Morgan fingerprint density at radius 2 is 1.62 bits per heavy atom. The Morgan fingerprint density at radius 1 is 0.931 bits per heavy atom. The van der Waals surface area contributed by atoms with E-state index in [4.69, 9.17) is 0 Å². The van der Waals surface area contributed by atoms with Gasteiger partial charge in [0.2, 0.25) is 0 Å². The standard InChI is InChI=1S/C22H20F3N3O/c23-22(24,25)18-6-4-16(5-7-18)17-2-1-3-19-8-9-20(15-28(19)21(29)14-17)27-12-10-26-11-13-27/h1-9,14-15,26H,10-13H2/b2-1+,17-14+,19-3+. The van der Waals surface area contributed by atoms with E-state index < -0.39 is 11.7 Å². The van der Waals surface area contributed by atoms with Crippen LogP contribution in [-0.4, -0.2) is 41.9 Å². The van der Waals surface area contributed by atoms with Gasteiger partial charge in [-0.3, -0.25) is 9.69 Å². The Hall–Kier alpha value is -3.06. The van der Waals surface area contributed by atoms with Crippen LogP contribution in [0, 0.1) is 0 Å². The number of alkyl halides is 3. The fourth-order valence-corrected chi connectivity index (χ4v) is 3.47. The molecule has 0 bridgehead atoms. The number of hydrogen-bond acceptors (Lipinski definition) is 3. The number of allylic oxidation sites excluding steroid dienone is 6. The summed E-state index contributed by atoms with van der Waals surface area (Å²) >= 11 is 0. The number of amides is 1. The molecule has 1 N–H and O–H groups in total. The summed E-state index contributed by atoms with van der Waals surface area (Å²) in [6.45, 7) is 3.51. The van der Waals surface area contributed by atoms with E-state index >= 15 is 0 Å². The number of benzene rings is 1. The quantitative estimate of drug-likeness (QED) is 0.824. The second-order valence-corrected chi connectivity index (χ2v) is 6.96. The van der Waals surface area contributed by atoms with Crippen molar-refractivity contribution in [1.29, 1.82) is 0 Å². The molecule has 0 aliphatic carbocycles. The highest BCUT2D eigenvalue weighted by Crippen LogP contribution is 2.31. The molecular weight excluding hydrogens is 379 g/mol. The van der Waals surface area contributed by atoms with Gasteiger partial charge in [0.15, 0.2) is 0 Å². The summed E-state index contributed by atoms with van der Waals surface area (Å²) in [5, 5.41) is 3.30. The summed E-state index contributed by atoms with van der Waals surface area (Å²) in [6, 6.07) is 4.83. The van der Waals surface area contributed by atoms with Gasteiger partial charge in [0.1, 0.15) is 0 Å². The van der Waals surface area contributed by atoms with Gasteiger partial charge in [-0.1, -0.05) is 24.3 Å². The summed E-state index contributed by atoms with van der Waals surface area (Å²) in [6.07, 6.45) is 8.13. The maximum atomic E-state index is 12.9. The molecule has 29 heavy (non-hydrogen) atoms. The first-order valence-corrected chi connectivity index (χ1v) is 9.38. The second-order valence-electron chi connectivity index (χ2n) is 6.96. The molecule has 1 aromatic rings. The average molecular weight is 399 g/mol. The van der Waals surface area contributed by atoms with Gasteiger partial charge in [0.05, 0.1) is 11.3 Å². The Kier molecular flexibility index (Phi) is 5.15. The van der Waals surface area contributed by atoms with Gasteiger partial charge in [-0.05, 0) is 41.5 Å². The second kappa shape index (κ2) is 7.75. The number of rotatable bonds is 2. The van der Waals surface area contributed by atoms with Crippen molar-refractivity contribution in [3.8, 4) is 0 Å². The SMILES string of the molecule is O=C1\C=C(c2ccc(C(F)(F)F)cc2)/C=C/C=C2\C=CC(N3CCNCC3)=CN12. The smallest absolute Gasteiger partial charge is 0.368 e. The van der Waals surface area contributed by atoms with Crippen LogP contribution < -0.4 is 5.32 Å². The molecule has 1 saturated heterocycles. The van der Waals surface area contributed by atoms with Crippen molar-refractivity contribution < 1.29 is 18.0 Å². The molecule has 0 unspecified atom stereocenters. The zero-order valence-electron chi connectivity index (χ0n) is 15.6. The van der Waals surface area contributed by atoms with Crippen LogP contribution in [0.4, 0.5) is 13.2 Å². The molecule has 1 amide bonds. The van der Waals surface area contributed by atoms with Crippen molar-refractivity contribution in [3.05, 3.63) is 89.4 Å². The van der Waals surface area contributed by atoms with Crippen LogP contribution in [0.1, 0.15) is 11.1 Å². The molecule has 3 aliphatic heterocycles. The van der Waals surface area contributed by atoms with E-state index in [-0.39, 0.29) is 5.91 Å². The van der Waals surface area contributed by atoms with E-state index in [1.165, 1.54) is 18.2 Å². The van der Waals surface area contributed by atoms with E-state index in [1.54, 1.807) is 17.1 Å². The predicted molar refractivity (Wildman–Crippen MR) is 105 cm³/mol. The first kappa shape index (κ1) is 19.3. The van der Waals surface area contributed by atoms with E-state index in [2.05, 4.69) is 10.2 Å². The minimum Gasteiger partial charge on any atom is -0.368 e. The zero-order valence-corrected chi connectivity index (χ0v) is 15.6. The lowest BCUT2D eigenvalue weighted by Crippen LogP contribution is -2.43. The number of fused-ring (bicyclic) bond motifs is 1. The minimum absolute atomic E-state index is 0.243. The largest absolute Gasteiger partial charge is 0.416 e. The van der Waals surface area contributed by atoms with Gasteiger partial charge in [0.25, 0.3) is 5.91 Å². The Labute approximate surface area is 167 Å². The molecular formula is C22H20F3N3O. The molecule has 150 valence electrons. The molecule has 1 fully saturated rings. The molecule has 0 spiro atoms. The summed E-state index contributed by atoms with van der Waals surface area (Å²) in [4.78, 5) is 16.7. The van der Waals surface area contributed by atoms with E-state index in [0.29, 0.717) is 11.1 Å². The van der Waals surface area contributed by atoms with Crippen molar-refractivity contribution in [1.82, 2.24) is 15.1 Å². The summed E-state index contributed by atoms with van der Waals surface area (Å²) in [5.74, 6) is -0.243. The number of halogens is 3. The maximum absolute atomic E-state index is 12.9. The Balaban J connectivity index is 1.62. The van der Waals surface area contributed by atoms with Gasteiger partial charge >= 0.3 is 6.18 Å². The van der Waals surface area contributed by atoms with Gasteiger partial charge in [0, 0.05) is 44.2 Å². The first-order valence-electron chi connectivity index (χ1n) is 9.38. The maximum Gasteiger partial charge on any atom is 0.416 e. The number of piperazine rings is 1. The third-order valence-corrected chi connectivity index (χ3v) is 5.05. The first-order chi connectivity index (χ1) is 13.9. The normalized spacial score (nSPS) is 24.5. The number of nitrogens with one attached hydrogen (secondary N) is 1. The molecule has 0 saturated carbocycles. The van der Waals surface area contributed by atoms with Crippen molar-refractivity contribution in [2.24, 2.45) is 0 Å². The van der Waals surface area contributed by atoms with Crippen molar-refractivity contribution in [2.45, 2.75) is 6.18 Å². The molecule has 3 heterocycles. The van der Waals surface area contributed by atoms with Crippen molar-refractivity contribution >= 4 is 11.5 Å². The van der Waals surface area contributed by atoms with Gasteiger partial charge in [-0.25, -0.2) is 0 Å². The summed E-state index contributed by atoms with van der Waals surface area (Å²) in [7, 11) is 0. The molecule has 1 aromatic carbocycles. The Morgan fingerprint density at radius 3 is 2.31 bits per heavy atom. The van der Waals surface area contributed by atoms with Crippen LogP contribution in [0.5, 0.6) is 0 Å². The third kappa shape index (κ3) is 4.19. The third-order valence-electron chi connectivity index (χ3n) is 5.05. The zero-order chi connectivity index (χ0) is 20.4. The highest BCUT2D eigenvalue weighted by Gasteiger charge is 2.30. The molecule has 3 aliphatic rings. The molecule has 4 nitrogen and oxygen atoms in total. The highest BCUT2D eigenvalue weighted by molar-refractivity contribution is 5.99. The number of nitrogens with zero attached hydrogens (tertiary/aromatic N) is 2. The molecule has 0 aromatic heterocycles. The predicted octanol–water partition coefficient (Wildman–Crippen LogP) is 3.69. The number of carbonyl (C=O) groups excluding carboxylic acids is 1. The van der Waals surface area contributed by atoms with Crippen molar-refractivity contribution in [2.75, 3.05) is 26.2 Å².